The molecule has 0 atom stereocenters. The van der Waals surface area contributed by atoms with Gasteiger partial charge in [-0.15, -0.1) is 0 Å². The van der Waals surface area contributed by atoms with E-state index in [1.807, 2.05) is 61.5 Å². The zero-order valence-electron chi connectivity index (χ0n) is 13.8. The van der Waals surface area contributed by atoms with Crippen molar-refractivity contribution < 1.29 is 9.53 Å². The Bertz CT molecular complexity index is 923. The zero-order valence-corrected chi connectivity index (χ0v) is 13.8. The highest BCUT2D eigenvalue weighted by Gasteiger charge is 2.09. The summed E-state index contributed by atoms with van der Waals surface area (Å²) in [5.74, 6) is 0.742. The highest BCUT2D eigenvalue weighted by Crippen LogP contribution is 2.32. The first-order chi connectivity index (χ1) is 12.2. The Hall–Kier alpha value is -3.41. The molecule has 0 unspecified atom stereocenters. The van der Waals surface area contributed by atoms with Crippen molar-refractivity contribution in [1.29, 1.82) is 0 Å². The highest BCUT2D eigenvalue weighted by molar-refractivity contribution is 5.97. The molecule has 3 aromatic rings. The van der Waals surface area contributed by atoms with Gasteiger partial charge in [0.1, 0.15) is 5.75 Å². The Kier molecular flexibility index (Phi) is 4.89. The molecule has 25 heavy (non-hydrogen) atoms. The van der Waals surface area contributed by atoms with Gasteiger partial charge in [-0.1, -0.05) is 30.3 Å². The van der Waals surface area contributed by atoms with Crippen LogP contribution in [0, 0.1) is 0 Å². The molecule has 3 N–H and O–H groups in total. The van der Waals surface area contributed by atoms with E-state index >= 15 is 0 Å². The molecular weight excluding hydrogens is 316 g/mol. The Labute approximate surface area is 145 Å². The van der Waals surface area contributed by atoms with Crippen molar-refractivity contribution in [3.8, 4) is 17.0 Å². The summed E-state index contributed by atoms with van der Waals surface area (Å²) < 4.78 is 5.56. The number of hydrogen-bond acceptors (Lipinski definition) is 4. The summed E-state index contributed by atoms with van der Waals surface area (Å²) >= 11 is 0. The molecule has 0 spiro atoms. The largest absolute Gasteiger partial charge is 0.494 e. The number of nitrogens with one attached hydrogen (secondary N) is 1. The number of ether oxygens (including phenoxy) is 1. The van der Waals surface area contributed by atoms with Crippen LogP contribution in [0.2, 0.25) is 0 Å². The van der Waals surface area contributed by atoms with Crippen molar-refractivity contribution >= 4 is 29.0 Å². The summed E-state index contributed by atoms with van der Waals surface area (Å²) in [4.78, 5) is 19.6. The van der Waals surface area contributed by atoms with Gasteiger partial charge in [0.2, 0.25) is 6.41 Å². The summed E-state index contributed by atoms with van der Waals surface area (Å²) in [5.41, 5.74) is 8.87. The van der Waals surface area contributed by atoms with Crippen LogP contribution in [0.4, 0.5) is 5.69 Å². The van der Waals surface area contributed by atoms with Crippen LogP contribution in [0.3, 0.4) is 0 Å². The normalized spacial score (nSPS) is 11.3. The molecule has 2 aromatic carbocycles. The minimum atomic E-state index is 0.0170. The van der Waals surface area contributed by atoms with Crippen molar-refractivity contribution in [2.75, 3.05) is 6.61 Å². The first-order valence-electron chi connectivity index (χ1n) is 7.88. The molecule has 0 saturated carbocycles. The lowest BCUT2D eigenvalue weighted by molar-refractivity contribution is -0.108. The van der Waals surface area contributed by atoms with Gasteiger partial charge in [0.25, 0.3) is 0 Å². The predicted molar refractivity (Wildman–Crippen MR) is 98.8 cm³/mol. The third-order valence-electron chi connectivity index (χ3n) is 3.59. The molecule has 0 aliphatic carbocycles. The second kappa shape index (κ2) is 7.44. The number of guanidine groups is 1. The molecule has 1 aromatic heterocycles. The number of pyridine rings is 1. The van der Waals surface area contributed by atoms with E-state index in [0.717, 1.165) is 27.9 Å². The third kappa shape index (κ3) is 3.74. The van der Waals surface area contributed by atoms with Crippen LogP contribution in [0.1, 0.15) is 6.92 Å². The molecule has 6 nitrogen and oxygen atoms in total. The summed E-state index contributed by atoms with van der Waals surface area (Å²) in [6, 6.07) is 17.3. The highest BCUT2D eigenvalue weighted by atomic mass is 16.5. The topological polar surface area (TPSA) is 89.6 Å². The molecule has 6 heteroatoms. The Morgan fingerprint density at radius 1 is 1.24 bits per heavy atom. The number of amides is 1. The minimum absolute atomic E-state index is 0.0170. The number of fused-ring (bicyclic) bond motifs is 1. The molecule has 1 heterocycles. The standard InChI is InChI=1S/C19H18N4O2/c1-2-25-14-8-9-16-15(10-14)18(23-19(20)21-12-24)11-17(22-16)13-6-4-3-5-7-13/h3-12H,2H2,1H3,(H3,20,21,22,23,24). The molecule has 3 rings (SSSR count). The zero-order chi connectivity index (χ0) is 17.6. The predicted octanol–water partition coefficient (Wildman–Crippen LogP) is 2.99. The van der Waals surface area contributed by atoms with Gasteiger partial charge in [0, 0.05) is 10.9 Å². The van der Waals surface area contributed by atoms with Crippen LogP contribution in [-0.4, -0.2) is 24.0 Å². The fraction of sp³-hybridized carbons (Fsp3) is 0.105. The monoisotopic (exact) mass is 334 g/mol. The van der Waals surface area contributed by atoms with Crippen molar-refractivity contribution in [1.82, 2.24) is 10.3 Å². The number of aliphatic imine (C=N–C) groups is 1. The Balaban J connectivity index is 2.20. The summed E-state index contributed by atoms with van der Waals surface area (Å²) in [6.07, 6.45) is 0.492. The number of nitrogens with two attached hydrogens (primary N) is 1. The second-order valence-corrected chi connectivity index (χ2v) is 5.26. The van der Waals surface area contributed by atoms with Gasteiger partial charge in [-0.3, -0.25) is 10.1 Å². The average molecular weight is 334 g/mol. The third-order valence-corrected chi connectivity index (χ3v) is 3.59. The van der Waals surface area contributed by atoms with Gasteiger partial charge in [-0.25, -0.2) is 9.98 Å². The smallest absolute Gasteiger partial charge is 0.213 e. The van der Waals surface area contributed by atoms with Crippen molar-refractivity contribution in [2.45, 2.75) is 6.92 Å². The molecule has 0 bridgehead atoms. The van der Waals surface area contributed by atoms with Crippen LogP contribution in [0.15, 0.2) is 59.6 Å². The van der Waals surface area contributed by atoms with E-state index in [2.05, 4.69) is 10.3 Å². The summed E-state index contributed by atoms with van der Waals surface area (Å²) in [6.45, 7) is 2.49. The van der Waals surface area contributed by atoms with Gasteiger partial charge in [0.05, 0.1) is 23.5 Å². The molecule has 0 fully saturated rings. The molecule has 0 radical (unpaired) electrons. The number of carbonyl (C=O) groups excluding carboxylic acids is 1. The van der Waals surface area contributed by atoms with Crippen molar-refractivity contribution in [2.24, 2.45) is 10.7 Å². The van der Waals surface area contributed by atoms with E-state index in [0.29, 0.717) is 18.7 Å². The molecule has 1 amide bonds. The Morgan fingerprint density at radius 2 is 2.04 bits per heavy atom. The number of rotatable bonds is 5. The lowest BCUT2D eigenvalue weighted by atomic mass is 10.1. The fourth-order valence-corrected chi connectivity index (χ4v) is 2.52. The van der Waals surface area contributed by atoms with Crippen LogP contribution < -0.4 is 15.8 Å². The number of hydrogen-bond donors (Lipinski definition) is 2. The van der Waals surface area contributed by atoms with Gasteiger partial charge >= 0.3 is 0 Å². The van der Waals surface area contributed by atoms with Crippen LogP contribution in [-0.2, 0) is 4.79 Å². The number of aromatic nitrogens is 1. The van der Waals surface area contributed by atoms with E-state index < -0.39 is 0 Å². The number of benzene rings is 2. The number of carbonyl (C=O) groups is 1. The Morgan fingerprint density at radius 3 is 2.76 bits per heavy atom. The van der Waals surface area contributed by atoms with E-state index in [4.69, 9.17) is 15.5 Å². The fourth-order valence-electron chi connectivity index (χ4n) is 2.52. The summed E-state index contributed by atoms with van der Waals surface area (Å²) in [7, 11) is 0. The lowest BCUT2D eigenvalue weighted by Gasteiger charge is -2.10. The van der Waals surface area contributed by atoms with Gasteiger partial charge in [-0.2, -0.15) is 0 Å². The van der Waals surface area contributed by atoms with Gasteiger partial charge < -0.3 is 10.5 Å². The number of nitrogens with zero attached hydrogens (tertiary/aromatic N) is 2. The van der Waals surface area contributed by atoms with Gasteiger partial charge in [-0.05, 0) is 31.2 Å². The SMILES string of the molecule is CCOc1ccc2nc(-c3ccccc3)cc(N=C(N)NC=O)c2c1. The van der Waals surface area contributed by atoms with Gasteiger partial charge in [0.15, 0.2) is 5.96 Å². The maximum absolute atomic E-state index is 10.6. The summed E-state index contributed by atoms with van der Waals surface area (Å²) in [5, 5.41) is 3.15. The molecule has 0 aliphatic heterocycles. The maximum atomic E-state index is 10.6. The molecular formula is C19H18N4O2. The van der Waals surface area contributed by atoms with E-state index in [1.54, 1.807) is 0 Å². The van der Waals surface area contributed by atoms with Crippen LogP contribution in [0.5, 0.6) is 5.75 Å². The average Bonchev–Trinajstić information content (AvgIpc) is 2.63. The second-order valence-electron chi connectivity index (χ2n) is 5.26. The lowest BCUT2D eigenvalue weighted by Crippen LogP contribution is -2.29. The maximum Gasteiger partial charge on any atom is 0.213 e. The van der Waals surface area contributed by atoms with Crippen molar-refractivity contribution in [3.63, 3.8) is 0 Å². The first kappa shape index (κ1) is 16.4. The van der Waals surface area contributed by atoms with E-state index in [9.17, 15) is 4.79 Å². The van der Waals surface area contributed by atoms with E-state index in [-0.39, 0.29) is 5.96 Å². The van der Waals surface area contributed by atoms with Crippen LogP contribution >= 0.6 is 0 Å². The molecule has 126 valence electrons. The van der Waals surface area contributed by atoms with E-state index in [1.165, 1.54) is 0 Å². The van der Waals surface area contributed by atoms with Crippen molar-refractivity contribution in [3.05, 3.63) is 54.6 Å². The quantitative estimate of drug-likeness (QED) is 0.426. The minimum Gasteiger partial charge on any atom is -0.494 e. The first-order valence-corrected chi connectivity index (χ1v) is 7.88. The molecule has 0 saturated heterocycles. The molecule has 0 aliphatic rings. The van der Waals surface area contributed by atoms with Crippen LogP contribution in [0.25, 0.3) is 22.2 Å².